The summed E-state index contributed by atoms with van der Waals surface area (Å²) >= 11 is 1.85. The molecule has 0 saturated carbocycles. The summed E-state index contributed by atoms with van der Waals surface area (Å²) in [6.45, 7) is 11.5. The van der Waals surface area contributed by atoms with E-state index in [2.05, 4.69) is 58.9 Å². The normalized spacial score (nSPS) is 16.1. The van der Waals surface area contributed by atoms with Gasteiger partial charge in [-0.3, -0.25) is 0 Å². The van der Waals surface area contributed by atoms with Crippen LogP contribution in [0.1, 0.15) is 50.9 Å². The maximum Gasteiger partial charge on any atom is 0.160 e. The number of thioether (sulfide) groups is 1. The number of ether oxygens (including phenoxy) is 1. The minimum absolute atomic E-state index is 0.162. The number of hydrogen-bond acceptors (Lipinski definition) is 4. The van der Waals surface area contributed by atoms with Crippen molar-refractivity contribution in [3.8, 4) is 11.4 Å². The smallest absolute Gasteiger partial charge is 0.160 e. The van der Waals surface area contributed by atoms with Gasteiger partial charge in [-0.1, -0.05) is 37.6 Å². The van der Waals surface area contributed by atoms with Gasteiger partial charge in [-0.25, -0.2) is 9.97 Å². The fraction of sp³-hybridized carbons (Fsp3) is 0.524. The molecular weight excluding hydrogens is 328 g/mol. The monoisotopic (exact) mass is 356 g/mol. The SMILES string of the molecule is Cc1cccc(-c2nc3c(c(SCCC(C)C)n2)COC(C)(C)C3)c1. The maximum atomic E-state index is 6.03. The van der Waals surface area contributed by atoms with Gasteiger partial charge in [-0.2, -0.15) is 0 Å². The number of rotatable bonds is 5. The van der Waals surface area contributed by atoms with E-state index >= 15 is 0 Å². The van der Waals surface area contributed by atoms with Crippen LogP contribution in [0.15, 0.2) is 29.3 Å². The highest BCUT2D eigenvalue weighted by Gasteiger charge is 2.30. The minimum Gasteiger partial charge on any atom is -0.370 e. The summed E-state index contributed by atoms with van der Waals surface area (Å²) < 4.78 is 6.03. The molecule has 1 aliphatic rings. The molecule has 1 aromatic carbocycles. The molecule has 134 valence electrons. The molecule has 4 heteroatoms. The molecule has 0 N–H and O–H groups in total. The van der Waals surface area contributed by atoms with Crippen molar-refractivity contribution in [2.75, 3.05) is 5.75 Å². The van der Waals surface area contributed by atoms with Crippen LogP contribution in [0.4, 0.5) is 0 Å². The van der Waals surface area contributed by atoms with E-state index in [-0.39, 0.29) is 5.60 Å². The van der Waals surface area contributed by atoms with E-state index in [1.54, 1.807) is 0 Å². The average Bonchev–Trinajstić information content (AvgIpc) is 2.53. The summed E-state index contributed by atoms with van der Waals surface area (Å²) in [6, 6.07) is 8.44. The minimum atomic E-state index is -0.162. The Kier molecular flexibility index (Phi) is 5.49. The van der Waals surface area contributed by atoms with Gasteiger partial charge in [-0.05, 0) is 44.9 Å². The van der Waals surface area contributed by atoms with Crippen molar-refractivity contribution < 1.29 is 4.74 Å². The van der Waals surface area contributed by atoms with Crippen LogP contribution in [0.25, 0.3) is 11.4 Å². The molecule has 25 heavy (non-hydrogen) atoms. The number of aryl methyl sites for hydroxylation is 1. The molecule has 0 saturated heterocycles. The lowest BCUT2D eigenvalue weighted by atomic mass is 9.96. The topological polar surface area (TPSA) is 35.0 Å². The zero-order chi connectivity index (χ0) is 18.0. The van der Waals surface area contributed by atoms with Gasteiger partial charge in [0.05, 0.1) is 17.9 Å². The van der Waals surface area contributed by atoms with Gasteiger partial charge in [0.2, 0.25) is 0 Å². The number of benzene rings is 1. The summed E-state index contributed by atoms with van der Waals surface area (Å²) in [6.07, 6.45) is 2.02. The first-order chi connectivity index (χ1) is 11.8. The molecule has 0 radical (unpaired) electrons. The van der Waals surface area contributed by atoms with Crippen molar-refractivity contribution in [3.05, 3.63) is 41.1 Å². The van der Waals surface area contributed by atoms with E-state index in [9.17, 15) is 0 Å². The Morgan fingerprint density at radius 3 is 2.76 bits per heavy atom. The molecule has 0 atom stereocenters. The molecule has 3 nitrogen and oxygen atoms in total. The van der Waals surface area contributed by atoms with Crippen molar-refractivity contribution in [3.63, 3.8) is 0 Å². The van der Waals surface area contributed by atoms with E-state index in [0.717, 1.165) is 34.3 Å². The van der Waals surface area contributed by atoms with Crippen LogP contribution in [-0.4, -0.2) is 21.3 Å². The van der Waals surface area contributed by atoms with Gasteiger partial charge < -0.3 is 4.74 Å². The molecule has 1 aromatic heterocycles. The average molecular weight is 357 g/mol. The van der Waals surface area contributed by atoms with Crippen molar-refractivity contribution in [2.45, 2.75) is 64.7 Å². The second-order valence-corrected chi connectivity index (χ2v) is 8.99. The van der Waals surface area contributed by atoms with Crippen LogP contribution in [0.2, 0.25) is 0 Å². The van der Waals surface area contributed by atoms with Crippen molar-refractivity contribution >= 4 is 11.8 Å². The molecule has 1 aliphatic heterocycles. The van der Waals surface area contributed by atoms with Crippen LogP contribution in [0, 0.1) is 12.8 Å². The molecular formula is C21H28N2OS. The fourth-order valence-electron chi connectivity index (χ4n) is 2.94. The van der Waals surface area contributed by atoms with Crippen molar-refractivity contribution in [2.24, 2.45) is 5.92 Å². The highest BCUT2D eigenvalue weighted by molar-refractivity contribution is 7.99. The van der Waals surface area contributed by atoms with E-state index in [4.69, 9.17) is 14.7 Å². The molecule has 3 rings (SSSR count). The van der Waals surface area contributed by atoms with Crippen LogP contribution in [-0.2, 0) is 17.8 Å². The summed E-state index contributed by atoms with van der Waals surface area (Å²) in [5.74, 6) is 2.63. The second-order valence-electron chi connectivity index (χ2n) is 7.90. The summed E-state index contributed by atoms with van der Waals surface area (Å²) in [4.78, 5) is 9.83. The molecule has 0 unspecified atom stereocenters. The molecule has 0 aliphatic carbocycles. The standard InChI is InChI=1S/C21H28N2OS/c1-14(2)9-10-25-20-17-13-24-21(4,5)12-18(17)22-19(23-20)16-8-6-7-15(3)11-16/h6-8,11,14H,9-10,12-13H2,1-5H3. The number of hydrogen-bond donors (Lipinski definition) is 0. The highest BCUT2D eigenvalue weighted by atomic mass is 32.2. The third-order valence-electron chi connectivity index (χ3n) is 4.47. The Hall–Kier alpha value is -1.39. The number of nitrogens with zero attached hydrogens (tertiary/aromatic N) is 2. The van der Waals surface area contributed by atoms with E-state index in [1.165, 1.54) is 17.5 Å². The van der Waals surface area contributed by atoms with E-state index in [0.29, 0.717) is 12.5 Å². The molecule has 0 fully saturated rings. The first-order valence-corrected chi connectivity index (χ1v) is 10.1. The summed E-state index contributed by atoms with van der Waals surface area (Å²) in [5.41, 5.74) is 4.50. The van der Waals surface area contributed by atoms with Crippen LogP contribution >= 0.6 is 11.8 Å². The first kappa shape index (κ1) is 18.4. The maximum absolute atomic E-state index is 6.03. The predicted molar refractivity (Wildman–Crippen MR) is 105 cm³/mol. The van der Waals surface area contributed by atoms with Crippen LogP contribution in [0.5, 0.6) is 0 Å². The fourth-order valence-corrected chi connectivity index (χ4v) is 4.23. The molecule has 0 spiro atoms. The Labute approximate surface area is 155 Å². The largest absolute Gasteiger partial charge is 0.370 e. The van der Waals surface area contributed by atoms with Crippen molar-refractivity contribution in [1.82, 2.24) is 9.97 Å². The quantitative estimate of drug-likeness (QED) is 0.528. The highest BCUT2D eigenvalue weighted by Crippen LogP contribution is 2.34. The second kappa shape index (κ2) is 7.46. The van der Waals surface area contributed by atoms with Gasteiger partial charge >= 0.3 is 0 Å². The Balaban J connectivity index is 1.99. The zero-order valence-electron chi connectivity index (χ0n) is 15.9. The molecule has 2 heterocycles. The molecule has 0 amide bonds. The zero-order valence-corrected chi connectivity index (χ0v) is 16.7. The lowest BCUT2D eigenvalue weighted by Crippen LogP contribution is -2.33. The van der Waals surface area contributed by atoms with Crippen LogP contribution < -0.4 is 0 Å². The number of aromatic nitrogens is 2. The predicted octanol–water partition coefficient (Wildman–Crippen LogP) is 5.44. The summed E-state index contributed by atoms with van der Waals surface area (Å²) in [7, 11) is 0. The third kappa shape index (κ3) is 4.62. The third-order valence-corrected chi connectivity index (χ3v) is 5.52. The molecule has 2 aromatic rings. The van der Waals surface area contributed by atoms with Crippen molar-refractivity contribution in [1.29, 1.82) is 0 Å². The Morgan fingerprint density at radius 2 is 2.04 bits per heavy atom. The van der Waals surface area contributed by atoms with Gasteiger partial charge in [0.25, 0.3) is 0 Å². The summed E-state index contributed by atoms with van der Waals surface area (Å²) in [5, 5.41) is 1.10. The van der Waals surface area contributed by atoms with E-state index in [1.807, 2.05) is 11.8 Å². The lowest BCUT2D eigenvalue weighted by molar-refractivity contribution is -0.0428. The van der Waals surface area contributed by atoms with Crippen LogP contribution in [0.3, 0.4) is 0 Å². The Bertz CT molecular complexity index is 756. The number of fused-ring (bicyclic) bond motifs is 1. The molecule has 0 bridgehead atoms. The lowest BCUT2D eigenvalue weighted by Gasteiger charge is -2.32. The van der Waals surface area contributed by atoms with Gasteiger partial charge in [0.15, 0.2) is 5.82 Å². The first-order valence-electron chi connectivity index (χ1n) is 9.08. The van der Waals surface area contributed by atoms with Gasteiger partial charge in [0.1, 0.15) is 5.03 Å². The Morgan fingerprint density at radius 1 is 1.24 bits per heavy atom. The van der Waals surface area contributed by atoms with Gasteiger partial charge in [0, 0.05) is 17.5 Å². The van der Waals surface area contributed by atoms with E-state index < -0.39 is 0 Å². The van der Waals surface area contributed by atoms with Gasteiger partial charge in [-0.15, -0.1) is 11.8 Å².